The predicted octanol–water partition coefficient (Wildman–Crippen LogP) is -0.566. The van der Waals surface area contributed by atoms with Gasteiger partial charge in [-0.05, 0) is 25.9 Å². The van der Waals surface area contributed by atoms with Crippen molar-refractivity contribution in [3.63, 3.8) is 0 Å². The molecule has 0 spiro atoms. The van der Waals surface area contributed by atoms with Gasteiger partial charge in [-0.25, -0.2) is 0 Å². The van der Waals surface area contributed by atoms with Gasteiger partial charge in [-0.3, -0.25) is 9.69 Å². The topological polar surface area (TPSA) is 53.6 Å². The molecule has 1 saturated heterocycles. The van der Waals surface area contributed by atoms with Crippen molar-refractivity contribution < 1.29 is 9.53 Å². The third-order valence-corrected chi connectivity index (χ3v) is 2.65. The highest BCUT2D eigenvalue weighted by molar-refractivity contribution is 5.77. The molecule has 1 fully saturated rings. The highest BCUT2D eigenvalue weighted by Gasteiger charge is 2.11. The maximum absolute atomic E-state index is 11.6. The van der Waals surface area contributed by atoms with Crippen molar-refractivity contribution in [2.24, 2.45) is 0 Å². The van der Waals surface area contributed by atoms with Gasteiger partial charge in [-0.2, -0.15) is 0 Å². The molecule has 0 saturated carbocycles. The summed E-state index contributed by atoms with van der Waals surface area (Å²) >= 11 is 0. The van der Waals surface area contributed by atoms with Gasteiger partial charge in [0, 0.05) is 33.4 Å². The average molecular weight is 229 g/mol. The first kappa shape index (κ1) is 13.4. The standard InChI is InChI=1S/C11H23N3O2/c1-16-9-3-5-13-11(15)10-14-7-2-4-12-6-8-14/h12H,2-10H2,1H3,(H,13,15). The number of rotatable bonds is 6. The van der Waals surface area contributed by atoms with Gasteiger partial charge in [-0.15, -0.1) is 0 Å². The third kappa shape index (κ3) is 6.05. The molecule has 1 amide bonds. The van der Waals surface area contributed by atoms with E-state index in [1.54, 1.807) is 7.11 Å². The van der Waals surface area contributed by atoms with Crippen LogP contribution in [0.15, 0.2) is 0 Å². The van der Waals surface area contributed by atoms with E-state index in [1.165, 1.54) is 0 Å². The summed E-state index contributed by atoms with van der Waals surface area (Å²) in [4.78, 5) is 13.8. The lowest BCUT2D eigenvalue weighted by Gasteiger charge is -2.18. The van der Waals surface area contributed by atoms with E-state index in [0.717, 1.165) is 39.0 Å². The Morgan fingerprint density at radius 2 is 2.31 bits per heavy atom. The fourth-order valence-electron chi connectivity index (χ4n) is 1.76. The summed E-state index contributed by atoms with van der Waals surface area (Å²) in [5.74, 6) is 0.123. The quantitative estimate of drug-likeness (QED) is 0.599. The second kappa shape index (κ2) is 8.50. The maximum atomic E-state index is 11.6. The second-order valence-corrected chi connectivity index (χ2v) is 4.08. The lowest BCUT2D eigenvalue weighted by molar-refractivity contribution is -0.122. The van der Waals surface area contributed by atoms with Gasteiger partial charge in [0.2, 0.25) is 5.91 Å². The molecule has 1 rings (SSSR count). The predicted molar refractivity (Wildman–Crippen MR) is 63.4 cm³/mol. The Bertz CT molecular complexity index is 192. The summed E-state index contributed by atoms with van der Waals surface area (Å²) in [6, 6.07) is 0. The number of amides is 1. The van der Waals surface area contributed by atoms with E-state index in [-0.39, 0.29) is 5.91 Å². The largest absolute Gasteiger partial charge is 0.385 e. The minimum absolute atomic E-state index is 0.123. The van der Waals surface area contributed by atoms with E-state index in [9.17, 15) is 4.79 Å². The van der Waals surface area contributed by atoms with Gasteiger partial charge in [-0.1, -0.05) is 0 Å². The van der Waals surface area contributed by atoms with Gasteiger partial charge in [0.05, 0.1) is 6.54 Å². The number of carbonyl (C=O) groups is 1. The van der Waals surface area contributed by atoms with E-state index in [1.807, 2.05) is 0 Å². The Kier molecular flexibility index (Phi) is 7.12. The van der Waals surface area contributed by atoms with Gasteiger partial charge < -0.3 is 15.4 Å². The number of ether oxygens (including phenoxy) is 1. The minimum atomic E-state index is 0.123. The first-order valence-electron chi connectivity index (χ1n) is 6.01. The summed E-state index contributed by atoms with van der Waals surface area (Å²) < 4.78 is 4.92. The normalized spacial score (nSPS) is 18.1. The molecule has 5 heteroatoms. The number of carbonyl (C=O) groups excluding carboxylic acids is 1. The fraction of sp³-hybridized carbons (Fsp3) is 0.909. The zero-order valence-corrected chi connectivity index (χ0v) is 10.1. The molecule has 0 bridgehead atoms. The van der Waals surface area contributed by atoms with Crippen molar-refractivity contribution in [3.8, 4) is 0 Å². The maximum Gasteiger partial charge on any atom is 0.234 e. The minimum Gasteiger partial charge on any atom is -0.385 e. The van der Waals surface area contributed by atoms with Crippen molar-refractivity contribution in [1.29, 1.82) is 0 Å². The Morgan fingerprint density at radius 3 is 3.12 bits per heavy atom. The molecule has 16 heavy (non-hydrogen) atoms. The smallest absolute Gasteiger partial charge is 0.234 e. The van der Waals surface area contributed by atoms with Crippen LogP contribution in [-0.4, -0.2) is 63.8 Å². The van der Waals surface area contributed by atoms with Gasteiger partial charge in [0.15, 0.2) is 0 Å². The van der Waals surface area contributed by atoms with Crippen LogP contribution < -0.4 is 10.6 Å². The molecule has 1 aliphatic heterocycles. The molecule has 2 N–H and O–H groups in total. The molecule has 1 aliphatic rings. The second-order valence-electron chi connectivity index (χ2n) is 4.08. The van der Waals surface area contributed by atoms with Crippen LogP contribution in [0.4, 0.5) is 0 Å². The molecule has 1 heterocycles. The summed E-state index contributed by atoms with van der Waals surface area (Å²) in [5.41, 5.74) is 0. The summed E-state index contributed by atoms with van der Waals surface area (Å²) in [5, 5.41) is 6.22. The molecule has 0 aromatic carbocycles. The van der Waals surface area contributed by atoms with Gasteiger partial charge in [0.1, 0.15) is 0 Å². The van der Waals surface area contributed by atoms with E-state index >= 15 is 0 Å². The zero-order chi connectivity index (χ0) is 11.6. The lowest BCUT2D eigenvalue weighted by atomic mass is 10.3. The molecule has 0 aromatic heterocycles. The Labute approximate surface area is 97.5 Å². The van der Waals surface area contributed by atoms with E-state index in [2.05, 4.69) is 15.5 Å². The molecule has 0 atom stereocenters. The molecule has 0 unspecified atom stereocenters. The van der Waals surface area contributed by atoms with Crippen molar-refractivity contribution in [2.45, 2.75) is 12.8 Å². The molecular weight excluding hydrogens is 206 g/mol. The van der Waals surface area contributed by atoms with Crippen LogP contribution in [-0.2, 0) is 9.53 Å². The van der Waals surface area contributed by atoms with Gasteiger partial charge in [0.25, 0.3) is 0 Å². The average Bonchev–Trinajstić information content (AvgIpc) is 2.53. The highest BCUT2D eigenvalue weighted by Crippen LogP contribution is 1.94. The fourth-order valence-corrected chi connectivity index (χ4v) is 1.76. The Hall–Kier alpha value is -0.650. The Morgan fingerprint density at radius 1 is 1.44 bits per heavy atom. The Balaban J connectivity index is 2.07. The molecule has 0 aromatic rings. The highest BCUT2D eigenvalue weighted by atomic mass is 16.5. The molecule has 94 valence electrons. The van der Waals surface area contributed by atoms with Crippen LogP contribution in [0.2, 0.25) is 0 Å². The van der Waals surface area contributed by atoms with Crippen molar-refractivity contribution in [3.05, 3.63) is 0 Å². The number of hydrogen-bond acceptors (Lipinski definition) is 4. The van der Waals surface area contributed by atoms with Crippen LogP contribution in [0.5, 0.6) is 0 Å². The zero-order valence-electron chi connectivity index (χ0n) is 10.1. The number of nitrogens with one attached hydrogen (secondary N) is 2. The van der Waals surface area contributed by atoms with Crippen molar-refractivity contribution in [2.75, 3.05) is 53.0 Å². The molecule has 0 radical (unpaired) electrons. The first-order chi connectivity index (χ1) is 7.83. The number of nitrogens with zero attached hydrogens (tertiary/aromatic N) is 1. The summed E-state index contributed by atoms with van der Waals surface area (Å²) in [6.07, 6.45) is 2.00. The SMILES string of the molecule is COCCCNC(=O)CN1CCCNCC1. The van der Waals surface area contributed by atoms with E-state index in [4.69, 9.17) is 4.74 Å². The lowest BCUT2D eigenvalue weighted by Crippen LogP contribution is -2.39. The molecule has 0 aliphatic carbocycles. The molecule has 5 nitrogen and oxygen atoms in total. The van der Waals surface area contributed by atoms with Crippen LogP contribution in [0.25, 0.3) is 0 Å². The van der Waals surface area contributed by atoms with Gasteiger partial charge >= 0.3 is 0 Å². The summed E-state index contributed by atoms with van der Waals surface area (Å²) in [7, 11) is 1.67. The summed E-state index contributed by atoms with van der Waals surface area (Å²) in [6.45, 7) is 5.95. The first-order valence-corrected chi connectivity index (χ1v) is 6.01. The van der Waals surface area contributed by atoms with Crippen LogP contribution >= 0.6 is 0 Å². The van der Waals surface area contributed by atoms with Crippen molar-refractivity contribution in [1.82, 2.24) is 15.5 Å². The number of hydrogen-bond donors (Lipinski definition) is 2. The third-order valence-electron chi connectivity index (χ3n) is 2.65. The van der Waals surface area contributed by atoms with Crippen LogP contribution in [0, 0.1) is 0 Å². The van der Waals surface area contributed by atoms with Crippen LogP contribution in [0.1, 0.15) is 12.8 Å². The van der Waals surface area contributed by atoms with Crippen LogP contribution in [0.3, 0.4) is 0 Å². The van der Waals surface area contributed by atoms with E-state index in [0.29, 0.717) is 19.7 Å². The number of methoxy groups -OCH3 is 1. The monoisotopic (exact) mass is 229 g/mol. The van der Waals surface area contributed by atoms with E-state index < -0.39 is 0 Å². The van der Waals surface area contributed by atoms with Crippen molar-refractivity contribution >= 4 is 5.91 Å². The molecular formula is C11H23N3O2.